The highest BCUT2D eigenvalue weighted by Crippen LogP contribution is 2.55. The van der Waals surface area contributed by atoms with Gasteiger partial charge in [0.2, 0.25) is 10.0 Å². The smallest absolute Gasteiger partial charge is 0.339 e. The maximum absolute atomic E-state index is 13.2. The molecule has 0 aliphatic heterocycles. The molecule has 1 N–H and O–H groups in total. The number of carboxylic acid groups (broad SMARTS) is 1. The van der Waals surface area contributed by atoms with E-state index in [9.17, 15) is 18.3 Å². The summed E-state index contributed by atoms with van der Waals surface area (Å²) in [6.07, 6.45) is 3.93. The van der Waals surface area contributed by atoms with Crippen molar-refractivity contribution in [3.63, 3.8) is 0 Å². The molecule has 4 aromatic rings. The maximum Gasteiger partial charge on any atom is 0.339 e. The van der Waals surface area contributed by atoms with E-state index in [1.165, 1.54) is 30.7 Å². The van der Waals surface area contributed by atoms with Crippen molar-refractivity contribution >= 4 is 16.0 Å². The summed E-state index contributed by atoms with van der Waals surface area (Å²) in [5, 5.41) is 22.4. The zero-order valence-corrected chi connectivity index (χ0v) is 21.3. The van der Waals surface area contributed by atoms with E-state index >= 15 is 0 Å². The second kappa shape index (κ2) is 9.45. The Bertz CT molecular complexity index is 1580. The van der Waals surface area contributed by atoms with Crippen molar-refractivity contribution < 1.29 is 23.1 Å². The number of sulfonamides is 1. The normalized spacial score (nSPS) is 17.2. The number of aryl methyl sites for hydroxylation is 1. The van der Waals surface area contributed by atoms with Crippen LogP contribution in [0.1, 0.15) is 45.6 Å². The van der Waals surface area contributed by atoms with Crippen LogP contribution in [0.5, 0.6) is 5.75 Å². The molecule has 11 nitrogen and oxygen atoms in total. The average Bonchev–Trinajstić information content (AvgIpc) is 3.33. The number of aromatic nitrogens is 5. The van der Waals surface area contributed by atoms with Crippen molar-refractivity contribution in [3.8, 4) is 11.4 Å². The number of benzene rings is 2. The molecule has 1 fully saturated rings. The molecule has 2 heterocycles. The van der Waals surface area contributed by atoms with Crippen LogP contribution in [0.25, 0.3) is 5.69 Å². The zero-order chi connectivity index (χ0) is 26.3. The predicted molar refractivity (Wildman–Crippen MR) is 133 cm³/mol. The van der Waals surface area contributed by atoms with Crippen LogP contribution in [-0.4, -0.2) is 62.7 Å². The van der Waals surface area contributed by atoms with Gasteiger partial charge < -0.3 is 9.84 Å². The molecule has 37 heavy (non-hydrogen) atoms. The number of ether oxygens (including phenoxy) is 1. The lowest BCUT2D eigenvalue weighted by Gasteiger charge is -2.19. The van der Waals surface area contributed by atoms with E-state index in [2.05, 4.69) is 15.4 Å². The molecule has 12 heteroatoms. The Labute approximate surface area is 214 Å². The Morgan fingerprint density at radius 1 is 1.19 bits per heavy atom. The van der Waals surface area contributed by atoms with Gasteiger partial charge in [0.1, 0.15) is 16.2 Å². The van der Waals surface area contributed by atoms with Crippen LogP contribution in [-0.2, 0) is 23.6 Å². The summed E-state index contributed by atoms with van der Waals surface area (Å²) in [4.78, 5) is 12.1. The molecule has 2 atom stereocenters. The Morgan fingerprint density at radius 2 is 1.97 bits per heavy atom. The third kappa shape index (κ3) is 4.60. The van der Waals surface area contributed by atoms with E-state index in [1.54, 1.807) is 40.7 Å². The van der Waals surface area contributed by atoms with Gasteiger partial charge in [-0.2, -0.15) is 9.40 Å². The molecule has 1 aliphatic carbocycles. The molecule has 0 spiro atoms. The molecule has 5 rings (SSSR count). The van der Waals surface area contributed by atoms with Gasteiger partial charge in [-0.05, 0) is 36.2 Å². The molecule has 192 valence electrons. The number of nitrogens with zero attached hydrogens (tertiary/aromatic N) is 6. The van der Waals surface area contributed by atoms with Gasteiger partial charge in [-0.3, -0.25) is 4.68 Å². The quantitative estimate of drug-likeness (QED) is 0.355. The molecule has 1 aliphatic rings. The summed E-state index contributed by atoms with van der Waals surface area (Å²) in [6, 6.07) is 13.7. The highest BCUT2D eigenvalue weighted by atomic mass is 32.2. The number of carboxylic acids is 1. The minimum Gasteiger partial charge on any atom is -0.495 e. The molecule has 0 amide bonds. The van der Waals surface area contributed by atoms with Gasteiger partial charge in [-0.1, -0.05) is 29.5 Å². The fourth-order valence-corrected chi connectivity index (χ4v) is 5.88. The Hall–Kier alpha value is -4.03. The summed E-state index contributed by atoms with van der Waals surface area (Å²) in [6.45, 7) is 0.0995. The Morgan fingerprint density at radius 3 is 2.68 bits per heavy atom. The molecule has 1 saturated carbocycles. The lowest BCUT2D eigenvalue weighted by atomic mass is 10.1. The van der Waals surface area contributed by atoms with Crippen LogP contribution < -0.4 is 4.74 Å². The van der Waals surface area contributed by atoms with Crippen molar-refractivity contribution in [1.29, 1.82) is 0 Å². The first-order valence-electron chi connectivity index (χ1n) is 11.6. The van der Waals surface area contributed by atoms with E-state index < -0.39 is 16.0 Å². The van der Waals surface area contributed by atoms with Crippen molar-refractivity contribution in [2.24, 2.45) is 7.05 Å². The van der Waals surface area contributed by atoms with E-state index in [4.69, 9.17) is 4.74 Å². The first-order valence-corrected chi connectivity index (χ1v) is 13.0. The van der Waals surface area contributed by atoms with Crippen LogP contribution >= 0.6 is 0 Å². The molecular weight excluding hydrogens is 496 g/mol. The van der Waals surface area contributed by atoms with Gasteiger partial charge in [0.05, 0.1) is 30.4 Å². The third-order valence-electron chi connectivity index (χ3n) is 6.50. The first kappa shape index (κ1) is 24.7. The zero-order valence-electron chi connectivity index (χ0n) is 20.5. The lowest BCUT2D eigenvalue weighted by molar-refractivity contribution is 0.0695. The number of para-hydroxylation sites is 1. The minimum atomic E-state index is -3.82. The summed E-state index contributed by atoms with van der Waals surface area (Å²) >= 11 is 0. The number of carbonyl (C=O) groups is 1. The lowest BCUT2D eigenvalue weighted by Crippen LogP contribution is -2.27. The number of hydrogen-bond donors (Lipinski definition) is 1. The summed E-state index contributed by atoms with van der Waals surface area (Å²) < 4.78 is 36.2. The van der Waals surface area contributed by atoms with Gasteiger partial charge in [0, 0.05) is 38.7 Å². The molecule has 2 aromatic carbocycles. The third-order valence-corrected chi connectivity index (χ3v) is 8.34. The molecular formula is C25H26N6O5S. The minimum absolute atomic E-state index is 0.0579. The second-order valence-electron chi connectivity index (χ2n) is 9.01. The molecule has 0 unspecified atom stereocenters. The monoisotopic (exact) mass is 522 g/mol. The topological polar surface area (TPSA) is 132 Å². The maximum atomic E-state index is 13.2. The number of methoxy groups -OCH3 is 1. The Kier molecular flexibility index (Phi) is 6.30. The van der Waals surface area contributed by atoms with E-state index in [0.29, 0.717) is 11.4 Å². The van der Waals surface area contributed by atoms with Crippen LogP contribution in [0.3, 0.4) is 0 Å². The van der Waals surface area contributed by atoms with Crippen molar-refractivity contribution in [2.75, 3.05) is 14.2 Å². The van der Waals surface area contributed by atoms with Crippen LogP contribution in [0.4, 0.5) is 0 Å². The number of aromatic carboxylic acids is 1. The van der Waals surface area contributed by atoms with E-state index in [-0.39, 0.29) is 34.6 Å². The molecule has 0 saturated heterocycles. The first-order chi connectivity index (χ1) is 17.7. The highest BCUT2D eigenvalue weighted by Gasteiger charge is 2.46. The fraction of sp³-hybridized carbons (Fsp3) is 0.280. The highest BCUT2D eigenvalue weighted by molar-refractivity contribution is 7.89. The number of rotatable bonds is 9. The standard InChI is InChI=1S/C25H26N6O5S/c1-29-15-21(27-28-29)18-12-19(18)24-20(25(32)33)13-26-31(24)17-8-6-7-16(11-17)14-30(2)37(34,35)23-10-5-4-9-22(23)36-3/h4-11,13,15,18-19H,12,14H2,1-3H3,(H,32,33)/t18-,19-/m1/s1. The van der Waals surface area contributed by atoms with Gasteiger partial charge >= 0.3 is 5.97 Å². The summed E-state index contributed by atoms with van der Waals surface area (Å²) in [7, 11) is 0.907. The average molecular weight is 523 g/mol. The van der Waals surface area contributed by atoms with E-state index in [1.807, 2.05) is 24.4 Å². The van der Waals surface area contributed by atoms with Crippen molar-refractivity contribution in [1.82, 2.24) is 29.1 Å². The number of hydrogen-bond acceptors (Lipinski definition) is 7. The van der Waals surface area contributed by atoms with Gasteiger partial charge in [0.15, 0.2) is 0 Å². The fourth-order valence-electron chi connectivity index (χ4n) is 4.57. The summed E-state index contributed by atoms with van der Waals surface area (Å²) in [5.41, 5.74) is 2.91. The SMILES string of the molecule is COc1ccccc1S(=O)(=O)N(C)Cc1cccc(-n2ncc(C(=O)O)c2[C@@H]2C[C@H]2c2cn(C)nn2)c1. The van der Waals surface area contributed by atoms with Gasteiger partial charge in [0.25, 0.3) is 0 Å². The van der Waals surface area contributed by atoms with Crippen LogP contribution in [0.2, 0.25) is 0 Å². The van der Waals surface area contributed by atoms with Gasteiger partial charge in [-0.25, -0.2) is 17.9 Å². The largest absolute Gasteiger partial charge is 0.495 e. The van der Waals surface area contributed by atoms with Crippen LogP contribution in [0, 0.1) is 0 Å². The van der Waals surface area contributed by atoms with Crippen LogP contribution in [0.15, 0.2) is 65.8 Å². The molecule has 0 radical (unpaired) electrons. The molecule has 0 bridgehead atoms. The summed E-state index contributed by atoms with van der Waals surface area (Å²) in [5.74, 6) is -0.789. The molecule has 2 aromatic heterocycles. The van der Waals surface area contributed by atoms with Gasteiger partial charge in [-0.15, -0.1) is 5.10 Å². The van der Waals surface area contributed by atoms with Crippen molar-refractivity contribution in [3.05, 3.63) is 83.4 Å². The predicted octanol–water partition coefficient (Wildman–Crippen LogP) is 2.80. The van der Waals surface area contributed by atoms with E-state index in [0.717, 1.165) is 17.7 Å². The Balaban J connectivity index is 1.44. The second-order valence-corrected chi connectivity index (χ2v) is 11.0. The van der Waals surface area contributed by atoms with Crippen molar-refractivity contribution in [2.45, 2.75) is 29.7 Å².